The fraction of sp³-hybridized carbons (Fsp3) is 0.438. The Labute approximate surface area is 122 Å². The summed E-state index contributed by atoms with van der Waals surface area (Å²) in [4.78, 5) is 12.6. The Hall–Kier alpha value is -1.78. The van der Waals surface area contributed by atoms with Crippen molar-refractivity contribution in [2.75, 3.05) is 4.90 Å². The molecule has 1 atom stereocenters. The maximum Gasteiger partial charge on any atom is 0.471 e. The number of amides is 1. The van der Waals surface area contributed by atoms with E-state index in [1.54, 1.807) is 30.3 Å². The van der Waals surface area contributed by atoms with Gasteiger partial charge in [0.15, 0.2) is 0 Å². The smallest absolute Gasteiger partial charge is 0.297 e. The lowest BCUT2D eigenvalue weighted by molar-refractivity contribution is -0.170. The summed E-state index contributed by atoms with van der Waals surface area (Å²) in [6, 6.07) is 6.15. The Kier molecular flexibility index (Phi) is 3.87. The number of allylic oxidation sites excluding steroid dienone is 1. The molecular weight excluding hydrogens is 279 g/mol. The van der Waals surface area contributed by atoms with Gasteiger partial charge in [0, 0.05) is 5.69 Å². The van der Waals surface area contributed by atoms with Crippen LogP contribution in [0.25, 0.3) is 0 Å². The zero-order chi connectivity index (χ0) is 15.8. The van der Waals surface area contributed by atoms with E-state index in [4.69, 9.17) is 0 Å². The molecular formula is C16H18F3NO. The van der Waals surface area contributed by atoms with E-state index in [2.05, 4.69) is 0 Å². The van der Waals surface area contributed by atoms with Crippen LogP contribution in [0.15, 0.2) is 36.4 Å². The van der Waals surface area contributed by atoms with Gasteiger partial charge in [-0.2, -0.15) is 13.2 Å². The molecule has 1 aliphatic heterocycles. The molecule has 1 aromatic carbocycles. The number of carbonyl (C=O) groups excluding carboxylic acids is 1. The number of nitrogens with zero attached hydrogens (tertiary/aromatic N) is 1. The van der Waals surface area contributed by atoms with Crippen molar-refractivity contribution in [2.45, 2.75) is 39.4 Å². The minimum atomic E-state index is -4.87. The summed E-state index contributed by atoms with van der Waals surface area (Å²) in [5.41, 5.74) is 0.962. The molecule has 0 fully saturated rings. The third-order valence-electron chi connectivity index (χ3n) is 3.29. The van der Waals surface area contributed by atoms with Crippen LogP contribution in [-0.2, 0) is 11.2 Å². The Bertz CT molecular complexity index is 570. The first-order chi connectivity index (χ1) is 9.59. The molecule has 0 spiro atoms. The summed E-state index contributed by atoms with van der Waals surface area (Å²) in [6.45, 7) is 5.88. The van der Waals surface area contributed by atoms with Crippen LogP contribution in [0.2, 0.25) is 0 Å². The molecule has 0 N–H and O–H groups in total. The molecule has 1 aromatic rings. The second-order valence-corrected chi connectivity index (χ2v) is 6.30. The Morgan fingerprint density at radius 1 is 1.24 bits per heavy atom. The fourth-order valence-electron chi connectivity index (χ4n) is 2.36. The van der Waals surface area contributed by atoms with Crippen molar-refractivity contribution >= 4 is 11.6 Å². The number of para-hydroxylation sites is 1. The number of hydrogen-bond acceptors (Lipinski definition) is 1. The van der Waals surface area contributed by atoms with Gasteiger partial charge in [-0.3, -0.25) is 9.69 Å². The standard InChI is InChI=1S/C16H18F3NO/c1-15(2,3)9-8-12-10-11-6-4-5-7-13(11)20(12)14(21)16(17,18)19/h4-9,12H,10H2,1-3H3/b9-8-. The predicted octanol–water partition coefficient (Wildman–Crippen LogP) is 4.11. The SMILES string of the molecule is CC(C)(C)/C=C\C1Cc2ccccc2N1C(=O)C(F)(F)F. The molecule has 0 aromatic heterocycles. The molecule has 0 radical (unpaired) electrons. The van der Waals surface area contributed by atoms with E-state index in [1.807, 2.05) is 26.8 Å². The van der Waals surface area contributed by atoms with Gasteiger partial charge in [-0.25, -0.2) is 0 Å². The zero-order valence-electron chi connectivity index (χ0n) is 12.2. The van der Waals surface area contributed by atoms with E-state index in [1.165, 1.54) is 0 Å². The van der Waals surface area contributed by atoms with Crippen LogP contribution in [0.4, 0.5) is 18.9 Å². The van der Waals surface area contributed by atoms with Crippen molar-refractivity contribution in [1.29, 1.82) is 0 Å². The van der Waals surface area contributed by atoms with Crippen molar-refractivity contribution < 1.29 is 18.0 Å². The van der Waals surface area contributed by atoms with Crippen molar-refractivity contribution in [1.82, 2.24) is 0 Å². The Morgan fingerprint density at radius 3 is 2.43 bits per heavy atom. The van der Waals surface area contributed by atoms with Crippen LogP contribution in [0.5, 0.6) is 0 Å². The average Bonchev–Trinajstić information content (AvgIpc) is 2.71. The van der Waals surface area contributed by atoms with Crippen molar-refractivity contribution in [2.24, 2.45) is 5.41 Å². The number of rotatable bonds is 1. The maximum absolute atomic E-state index is 12.8. The van der Waals surface area contributed by atoms with Crippen LogP contribution in [0.1, 0.15) is 26.3 Å². The highest BCUT2D eigenvalue weighted by Crippen LogP contribution is 2.36. The van der Waals surface area contributed by atoms with E-state index in [0.29, 0.717) is 12.1 Å². The quantitative estimate of drug-likeness (QED) is 0.714. The molecule has 1 heterocycles. The van der Waals surface area contributed by atoms with E-state index >= 15 is 0 Å². The van der Waals surface area contributed by atoms with Crippen LogP contribution in [0, 0.1) is 5.41 Å². The summed E-state index contributed by atoms with van der Waals surface area (Å²) >= 11 is 0. The summed E-state index contributed by atoms with van der Waals surface area (Å²) < 4.78 is 38.5. The Balaban J connectivity index is 2.39. The molecule has 1 unspecified atom stereocenters. The molecule has 0 bridgehead atoms. The van der Waals surface area contributed by atoms with Crippen molar-refractivity contribution in [3.8, 4) is 0 Å². The van der Waals surface area contributed by atoms with E-state index < -0.39 is 18.1 Å². The molecule has 0 saturated heterocycles. The highest BCUT2D eigenvalue weighted by Gasteiger charge is 2.47. The number of carbonyl (C=O) groups is 1. The monoisotopic (exact) mass is 297 g/mol. The third kappa shape index (κ3) is 3.46. The van der Waals surface area contributed by atoms with Gasteiger partial charge in [0.1, 0.15) is 0 Å². The molecule has 2 nitrogen and oxygen atoms in total. The van der Waals surface area contributed by atoms with Gasteiger partial charge < -0.3 is 0 Å². The van der Waals surface area contributed by atoms with Gasteiger partial charge in [-0.1, -0.05) is 51.1 Å². The predicted molar refractivity (Wildman–Crippen MR) is 76.1 cm³/mol. The van der Waals surface area contributed by atoms with Gasteiger partial charge in [0.05, 0.1) is 6.04 Å². The van der Waals surface area contributed by atoms with Gasteiger partial charge in [-0.15, -0.1) is 0 Å². The van der Waals surface area contributed by atoms with Crippen LogP contribution in [-0.4, -0.2) is 18.1 Å². The minimum absolute atomic E-state index is 0.151. The van der Waals surface area contributed by atoms with Gasteiger partial charge in [0.25, 0.3) is 0 Å². The summed E-state index contributed by atoms with van der Waals surface area (Å²) in [6.07, 6.45) is -0.917. The third-order valence-corrected chi connectivity index (χ3v) is 3.29. The highest BCUT2D eigenvalue weighted by atomic mass is 19.4. The number of benzene rings is 1. The molecule has 2 rings (SSSR count). The lowest BCUT2D eigenvalue weighted by Gasteiger charge is -2.25. The fourth-order valence-corrected chi connectivity index (χ4v) is 2.36. The largest absolute Gasteiger partial charge is 0.471 e. The topological polar surface area (TPSA) is 20.3 Å². The van der Waals surface area contributed by atoms with Crippen LogP contribution >= 0.6 is 0 Å². The number of alkyl halides is 3. The van der Waals surface area contributed by atoms with Crippen molar-refractivity contribution in [3.05, 3.63) is 42.0 Å². The van der Waals surface area contributed by atoms with E-state index in [-0.39, 0.29) is 5.41 Å². The molecule has 1 aliphatic rings. The van der Waals surface area contributed by atoms with E-state index in [9.17, 15) is 18.0 Å². The number of fused-ring (bicyclic) bond motifs is 1. The normalized spacial score (nSPS) is 19.1. The number of halogens is 3. The van der Waals surface area contributed by atoms with Gasteiger partial charge in [-0.05, 0) is 23.5 Å². The molecule has 0 saturated carbocycles. The summed E-state index contributed by atoms with van der Waals surface area (Å²) in [5, 5.41) is 0. The molecule has 1 amide bonds. The molecule has 5 heteroatoms. The first kappa shape index (κ1) is 15.6. The lowest BCUT2D eigenvalue weighted by Crippen LogP contribution is -2.44. The molecule has 0 aliphatic carbocycles. The van der Waals surface area contributed by atoms with Crippen molar-refractivity contribution in [3.63, 3.8) is 0 Å². The van der Waals surface area contributed by atoms with E-state index in [0.717, 1.165) is 10.5 Å². The lowest BCUT2D eigenvalue weighted by atomic mass is 9.95. The second kappa shape index (κ2) is 5.20. The first-order valence-corrected chi connectivity index (χ1v) is 6.77. The number of hydrogen-bond donors (Lipinski definition) is 0. The van der Waals surface area contributed by atoms with Gasteiger partial charge >= 0.3 is 12.1 Å². The molecule has 21 heavy (non-hydrogen) atoms. The van der Waals surface area contributed by atoms with Gasteiger partial charge in [0.2, 0.25) is 0 Å². The zero-order valence-corrected chi connectivity index (χ0v) is 12.2. The Morgan fingerprint density at radius 2 is 1.86 bits per heavy atom. The summed E-state index contributed by atoms with van der Waals surface area (Å²) in [5.74, 6) is -1.81. The second-order valence-electron chi connectivity index (χ2n) is 6.30. The highest BCUT2D eigenvalue weighted by molar-refractivity contribution is 6.00. The summed E-state index contributed by atoms with van der Waals surface area (Å²) in [7, 11) is 0. The number of anilines is 1. The first-order valence-electron chi connectivity index (χ1n) is 6.77. The minimum Gasteiger partial charge on any atom is -0.297 e. The molecule has 114 valence electrons. The van der Waals surface area contributed by atoms with Crippen LogP contribution < -0.4 is 4.90 Å². The maximum atomic E-state index is 12.8. The van der Waals surface area contributed by atoms with Crippen LogP contribution in [0.3, 0.4) is 0 Å². The average molecular weight is 297 g/mol.